The number of rotatable bonds is 4. The van der Waals surface area contributed by atoms with Gasteiger partial charge in [-0.3, -0.25) is 4.79 Å². The van der Waals surface area contributed by atoms with Gasteiger partial charge in [0.25, 0.3) is 0 Å². The number of aromatic nitrogens is 1. The number of hydrogen-bond donors (Lipinski definition) is 2. The molecule has 0 spiro atoms. The van der Waals surface area contributed by atoms with E-state index in [4.69, 9.17) is 0 Å². The number of carbonyl (C=O) groups excluding carboxylic acids is 1. The molecule has 2 aromatic rings. The van der Waals surface area contributed by atoms with E-state index in [1.54, 1.807) is 6.20 Å². The number of anilines is 2. The van der Waals surface area contributed by atoms with E-state index in [-0.39, 0.29) is 11.9 Å². The first-order valence-corrected chi connectivity index (χ1v) is 6.99. The molecule has 0 saturated carbocycles. The number of benzene rings is 1. The Bertz CT molecular complexity index is 566. The molecular weight excluding hydrogens is 258 g/mol. The van der Waals surface area contributed by atoms with Gasteiger partial charge in [0.2, 0.25) is 5.91 Å². The molecular formula is C14H17N3OS. The summed E-state index contributed by atoms with van der Waals surface area (Å²) in [5.41, 5.74) is 3.36. The number of thiazole rings is 1. The first-order chi connectivity index (χ1) is 9.08. The molecule has 4 nitrogen and oxygen atoms in total. The number of hydrogen-bond acceptors (Lipinski definition) is 4. The van der Waals surface area contributed by atoms with Gasteiger partial charge < -0.3 is 10.6 Å². The van der Waals surface area contributed by atoms with Crippen LogP contribution in [0.1, 0.15) is 18.1 Å². The zero-order valence-electron chi connectivity index (χ0n) is 11.2. The van der Waals surface area contributed by atoms with E-state index in [9.17, 15) is 4.79 Å². The molecule has 0 fully saturated rings. The first kappa shape index (κ1) is 13.5. The van der Waals surface area contributed by atoms with Crippen LogP contribution in [0, 0.1) is 13.8 Å². The molecule has 0 aliphatic rings. The van der Waals surface area contributed by atoms with Gasteiger partial charge in [-0.05, 0) is 38.0 Å². The quantitative estimate of drug-likeness (QED) is 0.901. The van der Waals surface area contributed by atoms with Crippen molar-refractivity contribution in [1.82, 2.24) is 4.98 Å². The molecule has 1 atom stereocenters. The second-order valence-electron chi connectivity index (χ2n) is 4.44. The fourth-order valence-corrected chi connectivity index (χ4v) is 2.24. The van der Waals surface area contributed by atoms with Crippen LogP contribution in [0.25, 0.3) is 0 Å². The fourth-order valence-electron chi connectivity index (χ4n) is 1.71. The van der Waals surface area contributed by atoms with Crippen LogP contribution in [0.5, 0.6) is 0 Å². The Morgan fingerprint density at radius 2 is 2.16 bits per heavy atom. The van der Waals surface area contributed by atoms with Gasteiger partial charge in [-0.25, -0.2) is 4.98 Å². The lowest BCUT2D eigenvalue weighted by molar-refractivity contribution is -0.116. The average Bonchev–Trinajstić information content (AvgIpc) is 2.87. The summed E-state index contributed by atoms with van der Waals surface area (Å²) >= 11 is 1.41. The van der Waals surface area contributed by atoms with E-state index in [1.165, 1.54) is 16.9 Å². The van der Waals surface area contributed by atoms with Gasteiger partial charge >= 0.3 is 0 Å². The van der Waals surface area contributed by atoms with Crippen LogP contribution < -0.4 is 10.6 Å². The molecule has 0 unspecified atom stereocenters. The highest BCUT2D eigenvalue weighted by Crippen LogP contribution is 2.19. The van der Waals surface area contributed by atoms with Crippen LogP contribution in [0.2, 0.25) is 0 Å². The zero-order valence-corrected chi connectivity index (χ0v) is 12.0. The first-order valence-electron chi connectivity index (χ1n) is 6.11. The molecule has 1 aromatic heterocycles. The predicted octanol–water partition coefficient (Wildman–Crippen LogP) is 3.20. The summed E-state index contributed by atoms with van der Waals surface area (Å²) in [5, 5.41) is 8.47. The Morgan fingerprint density at radius 1 is 1.37 bits per heavy atom. The van der Waals surface area contributed by atoms with Gasteiger partial charge in [-0.1, -0.05) is 12.1 Å². The lowest BCUT2D eigenvalue weighted by atomic mass is 10.1. The Balaban J connectivity index is 2.02. The molecule has 0 bridgehead atoms. The fraction of sp³-hybridized carbons (Fsp3) is 0.286. The number of nitrogens with one attached hydrogen (secondary N) is 2. The maximum atomic E-state index is 12.0. The maximum Gasteiger partial charge on any atom is 0.248 e. The summed E-state index contributed by atoms with van der Waals surface area (Å²) in [6, 6.07) is 5.70. The van der Waals surface area contributed by atoms with Gasteiger partial charge in [0.05, 0.1) is 0 Å². The van der Waals surface area contributed by atoms with Crippen LogP contribution in [-0.4, -0.2) is 16.9 Å². The summed E-state index contributed by atoms with van der Waals surface area (Å²) in [7, 11) is 0. The van der Waals surface area contributed by atoms with Crippen molar-refractivity contribution in [2.24, 2.45) is 0 Å². The molecule has 100 valence electrons. The molecule has 0 radical (unpaired) electrons. The minimum atomic E-state index is -0.315. The predicted molar refractivity (Wildman–Crippen MR) is 79.7 cm³/mol. The van der Waals surface area contributed by atoms with E-state index in [1.807, 2.05) is 31.4 Å². The average molecular weight is 275 g/mol. The molecule has 0 aliphatic heterocycles. The zero-order chi connectivity index (χ0) is 13.8. The lowest BCUT2D eigenvalue weighted by Gasteiger charge is -2.17. The van der Waals surface area contributed by atoms with E-state index in [0.29, 0.717) is 5.13 Å². The van der Waals surface area contributed by atoms with Crippen molar-refractivity contribution >= 4 is 28.1 Å². The van der Waals surface area contributed by atoms with Crippen molar-refractivity contribution in [3.05, 3.63) is 40.9 Å². The normalized spacial score (nSPS) is 11.9. The molecule has 0 saturated heterocycles. The van der Waals surface area contributed by atoms with E-state index < -0.39 is 0 Å². The van der Waals surface area contributed by atoms with Crippen LogP contribution >= 0.6 is 11.3 Å². The van der Waals surface area contributed by atoms with Gasteiger partial charge in [0, 0.05) is 17.3 Å². The van der Waals surface area contributed by atoms with Crippen molar-refractivity contribution < 1.29 is 4.79 Å². The van der Waals surface area contributed by atoms with Crippen molar-refractivity contribution in [1.29, 1.82) is 0 Å². The summed E-state index contributed by atoms with van der Waals surface area (Å²) in [6.07, 6.45) is 1.67. The third-order valence-electron chi connectivity index (χ3n) is 3.03. The highest BCUT2D eigenvalue weighted by atomic mass is 32.1. The summed E-state index contributed by atoms with van der Waals surface area (Å²) in [5.74, 6) is -0.0872. The van der Waals surface area contributed by atoms with Gasteiger partial charge in [0.15, 0.2) is 5.13 Å². The number of carbonyl (C=O) groups is 1. The Morgan fingerprint density at radius 3 is 2.84 bits per heavy atom. The standard InChI is InChI=1S/C14H17N3OS/c1-9-5-4-6-12(10(9)2)16-11(3)13(18)17-14-15-7-8-19-14/h4-8,11,16H,1-3H3,(H,15,17,18)/t11-/m1/s1. The highest BCUT2D eigenvalue weighted by molar-refractivity contribution is 7.13. The van der Waals surface area contributed by atoms with Crippen LogP contribution in [0.4, 0.5) is 10.8 Å². The van der Waals surface area contributed by atoms with Crippen molar-refractivity contribution in [3.8, 4) is 0 Å². The van der Waals surface area contributed by atoms with Gasteiger partial charge in [-0.2, -0.15) is 0 Å². The van der Waals surface area contributed by atoms with Gasteiger partial charge in [0.1, 0.15) is 6.04 Å². The summed E-state index contributed by atoms with van der Waals surface area (Å²) in [4.78, 5) is 16.0. The molecule has 2 N–H and O–H groups in total. The third kappa shape index (κ3) is 3.32. The summed E-state index contributed by atoms with van der Waals surface area (Å²) < 4.78 is 0. The molecule has 19 heavy (non-hydrogen) atoms. The minimum absolute atomic E-state index is 0.0872. The molecule has 0 aliphatic carbocycles. The summed E-state index contributed by atoms with van der Waals surface area (Å²) in [6.45, 7) is 5.94. The number of aryl methyl sites for hydroxylation is 1. The van der Waals surface area contributed by atoms with E-state index >= 15 is 0 Å². The second-order valence-corrected chi connectivity index (χ2v) is 5.33. The smallest absolute Gasteiger partial charge is 0.248 e. The molecule has 5 heteroatoms. The Kier molecular flexibility index (Phi) is 4.16. The van der Waals surface area contributed by atoms with E-state index in [2.05, 4.69) is 28.6 Å². The van der Waals surface area contributed by atoms with Crippen LogP contribution in [0.15, 0.2) is 29.8 Å². The van der Waals surface area contributed by atoms with Crippen molar-refractivity contribution in [2.75, 3.05) is 10.6 Å². The third-order valence-corrected chi connectivity index (χ3v) is 3.72. The van der Waals surface area contributed by atoms with E-state index in [0.717, 1.165) is 11.3 Å². The SMILES string of the molecule is Cc1cccc(N[C@H](C)C(=O)Nc2nccs2)c1C. The van der Waals surface area contributed by atoms with Crippen LogP contribution in [0.3, 0.4) is 0 Å². The molecule has 2 rings (SSSR count). The minimum Gasteiger partial charge on any atom is -0.374 e. The van der Waals surface area contributed by atoms with Crippen molar-refractivity contribution in [2.45, 2.75) is 26.8 Å². The number of nitrogens with zero attached hydrogens (tertiary/aromatic N) is 1. The van der Waals surface area contributed by atoms with Crippen molar-refractivity contribution in [3.63, 3.8) is 0 Å². The maximum absolute atomic E-state index is 12.0. The largest absolute Gasteiger partial charge is 0.374 e. The topological polar surface area (TPSA) is 54.0 Å². The number of amides is 1. The lowest BCUT2D eigenvalue weighted by Crippen LogP contribution is -2.32. The second kappa shape index (κ2) is 5.84. The molecule has 1 aromatic carbocycles. The van der Waals surface area contributed by atoms with Crippen LogP contribution in [-0.2, 0) is 4.79 Å². The molecule has 1 heterocycles. The molecule has 1 amide bonds. The Labute approximate surface area is 116 Å². The Hall–Kier alpha value is -1.88. The van der Waals surface area contributed by atoms with Gasteiger partial charge in [-0.15, -0.1) is 11.3 Å². The monoisotopic (exact) mass is 275 g/mol. The highest BCUT2D eigenvalue weighted by Gasteiger charge is 2.14.